The van der Waals surface area contributed by atoms with Crippen LogP contribution < -0.4 is 9.47 Å². The van der Waals surface area contributed by atoms with Gasteiger partial charge in [0, 0.05) is 77.4 Å². The molecule has 0 N–H and O–H groups in total. The molecule has 0 unspecified atom stereocenters. The van der Waals surface area contributed by atoms with Gasteiger partial charge in [-0.2, -0.15) is 17.6 Å². The summed E-state index contributed by atoms with van der Waals surface area (Å²) in [7, 11) is 5.28. The molecule has 4 amide bonds. The maximum atomic E-state index is 15.1. The van der Waals surface area contributed by atoms with Crippen LogP contribution in [0.2, 0.25) is 0 Å². The Labute approximate surface area is 524 Å². The van der Waals surface area contributed by atoms with Crippen LogP contribution >= 0.6 is 0 Å². The number of pyridine rings is 2. The number of carbonyl (C=O) groups excluding carboxylic acids is 8. The first-order chi connectivity index (χ1) is 42.3. The lowest BCUT2D eigenvalue weighted by atomic mass is 9.99. The highest BCUT2D eigenvalue weighted by Gasteiger charge is 2.43. The van der Waals surface area contributed by atoms with Crippen molar-refractivity contribution in [2.45, 2.75) is 182 Å². The van der Waals surface area contributed by atoms with E-state index < -0.39 is 109 Å². The fourth-order valence-electron chi connectivity index (χ4n) is 10.4. The lowest BCUT2D eigenvalue weighted by molar-refractivity contribution is -0.176. The van der Waals surface area contributed by atoms with Crippen LogP contribution in [0.4, 0.5) is 17.6 Å². The minimum Gasteiger partial charge on any atom is -0.451 e. The normalized spacial score (nSPS) is 22.0. The topological polar surface area (TPSA) is 231 Å². The molecule has 24 heteroatoms. The summed E-state index contributed by atoms with van der Waals surface area (Å²) in [4.78, 5) is 130. The van der Waals surface area contributed by atoms with Crippen molar-refractivity contribution in [2.24, 2.45) is 23.7 Å². The Morgan fingerprint density at radius 2 is 0.678 bits per heavy atom. The third-order valence-corrected chi connectivity index (χ3v) is 15.3. The standard InChI is InChI=1S/C66H86F4N6O14/c1-37(2)29-49-61(81)85-41(9)57(77)73(11)52(32-40(7)8)64(84)88-54(36-46-25-21-44(22-26-46)34-48-18-16-28-72-56(48)90-66(69)70)60(80)76(14)50(30-38(3)4)62(82)86-42(10)58(78)74(12)51(31-39(5)6)63(83)87-53(59(79)75(49)13)35-45-23-19-43(20-24-45)33-47-17-15-27-71-55(47)89-65(67)68/h15-28,37-42,49-54,65-66H,29-36H2,1-14H3/t41-,42-,49+,50+,51+,52+,53-,54-/m1/s1. The van der Waals surface area contributed by atoms with Gasteiger partial charge in [0.25, 0.3) is 23.6 Å². The fraction of sp³-hybridized carbons (Fsp3) is 0.545. The smallest absolute Gasteiger partial charge is 0.388 e. The number of aromatic nitrogens is 2. The number of rotatable bonds is 20. The van der Waals surface area contributed by atoms with E-state index in [0.717, 1.165) is 19.6 Å². The number of nitrogens with zero attached hydrogens (tertiary/aromatic N) is 6. The third-order valence-electron chi connectivity index (χ3n) is 15.3. The minimum absolute atomic E-state index is 0.00274. The van der Waals surface area contributed by atoms with Gasteiger partial charge in [0.05, 0.1) is 0 Å². The van der Waals surface area contributed by atoms with Crippen molar-refractivity contribution in [3.63, 3.8) is 0 Å². The van der Waals surface area contributed by atoms with E-state index in [9.17, 15) is 46.3 Å². The molecule has 2 aromatic heterocycles. The van der Waals surface area contributed by atoms with Gasteiger partial charge in [-0.15, -0.1) is 0 Å². The molecule has 8 atom stereocenters. The van der Waals surface area contributed by atoms with Gasteiger partial charge in [0.1, 0.15) is 24.2 Å². The van der Waals surface area contributed by atoms with Gasteiger partial charge in [-0.1, -0.05) is 116 Å². The molecule has 2 aromatic carbocycles. The molecule has 1 aliphatic rings. The number of hydrogen-bond acceptors (Lipinski definition) is 16. The van der Waals surface area contributed by atoms with Crippen molar-refractivity contribution < 1.29 is 84.3 Å². The minimum atomic E-state index is -3.11. The predicted octanol–water partition coefficient (Wildman–Crippen LogP) is 8.84. The number of hydrogen-bond donors (Lipinski definition) is 0. The molecule has 0 bridgehead atoms. The van der Waals surface area contributed by atoms with E-state index in [1.54, 1.807) is 128 Å². The molecule has 1 saturated heterocycles. The van der Waals surface area contributed by atoms with Gasteiger partial charge in [-0.3, -0.25) is 19.2 Å². The van der Waals surface area contributed by atoms with Crippen molar-refractivity contribution in [3.05, 3.63) is 119 Å². The molecule has 0 aliphatic carbocycles. The quantitative estimate of drug-likeness (QED) is 0.0457. The summed E-state index contributed by atoms with van der Waals surface area (Å²) in [6.07, 6.45) is -4.12. The number of carbonyl (C=O) groups is 8. The van der Waals surface area contributed by atoms with Crippen molar-refractivity contribution in [3.8, 4) is 11.8 Å². The van der Waals surface area contributed by atoms with Crippen molar-refractivity contribution in [1.29, 1.82) is 0 Å². The van der Waals surface area contributed by atoms with Crippen LogP contribution in [0.1, 0.15) is 128 Å². The van der Waals surface area contributed by atoms with E-state index >= 15 is 9.59 Å². The monoisotopic (exact) mass is 1260 g/mol. The molecule has 3 heterocycles. The summed E-state index contributed by atoms with van der Waals surface area (Å²) >= 11 is 0. The first-order valence-corrected chi connectivity index (χ1v) is 30.2. The van der Waals surface area contributed by atoms with Gasteiger partial charge in [-0.25, -0.2) is 29.1 Å². The molecule has 492 valence electrons. The zero-order chi connectivity index (χ0) is 66.8. The Hall–Kier alpha value is -8.18. The van der Waals surface area contributed by atoms with Gasteiger partial charge >= 0.3 is 37.1 Å². The van der Waals surface area contributed by atoms with Crippen LogP contribution in [-0.4, -0.2) is 167 Å². The summed E-state index contributed by atoms with van der Waals surface area (Å²) in [6, 6.07) is 14.1. The van der Waals surface area contributed by atoms with Crippen LogP contribution in [0.25, 0.3) is 0 Å². The van der Waals surface area contributed by atoms with E-state index in [1.807, 2.05) is 0 Å². The van der Waals surface area contributed by atoms with Crippen molar-refractivity contribution >= 4 is 47.5 Å². The highest BCUT2D eigenvalue weighted by molar-refractivity contribution is 5.94. The zero-order valence-electron chi connectivity index (χ0n) is 53.7. The molecule has 0 spiro atoms. The van der Waals surface area contributed by atoms with E-state index in [-0.39, 0.29) is 86.8 Å². The molecule has 0 radical (unpaired) electrons. The largest absolute Gasteiger partial charge is 0.451 e. The number of alkyl halides is 4. The lowest BCUT2D eigenvalue weighted by Crippen LogP contribution is -2.55. The average molecular weight is 1260 g/mol. The number of benzene rings is 2. The third kappa shape index (κ3) is 21.0. The molecule has 0 saturated carbocycles. The van der Waals surface area contributed by atoms with Gasteiger partial charge in [-0.05, 0) is 97.6 Å². The fourth-order valence-corrected chi connectivity index (χ4v) is 10.4. The second kappa shape index (κ2) is 33.6. The Morgan fingerprint density at radius 3 is 0.956 bits per heavy atom. The Morgan fingerprint density at radius 1 is 0.411 bits per heavy atom. The summed E-state index contributed by atoms with van der Waals surface area (Å²) in [5.41, 5.74) is 2.97. The molecule has 1 fully saturated rings. The number of cyclic esters (lactones) is 4. The molecule has 1 aliphatic heterocycles. The summed E-state index contributed by atoms with van der Waals surface area (Å²) in [5, 5.41) is 0. The number of ether oxygens (including phenoxy) is 6. The first kappa shape index (κ1) is 72.6. The number of halogens is 4. The van der Waals surface area contributed by atoms with Gasteiger partial charge in [0.15, 0.2) is 24.4 Å². The second-order valence-electron chi connectivity index (χ2n) is 24.5. The number of likely N-dealkylation sites (N-methyl/N-ethyl adjacent to an activating group) is 4. The summed E-state index contributed by atoms with van der Waals surface area (Å²) in [5.74, 6) is -9.00. The Kier molecular flexibility index (Phi) is 27.1. The second-order valence-corrected chi connectivity index (χ2v) is 24.5. The first-order valence-electron chi connectivity index (χ1n) is 30.2. The number of amides is 4. The molecular weight excluding hydrogens is 1180 g/mol. The van der Waals surface area contributed by atoms with Crippen LogP contribution in [0, 0.1) is 23.7 Å². The average Bonchev–Trinajstić information content (AvgIpc) is 0.946. The highest BCUT2D eigenvalue weighted by atomic mass is 19.3. The molecular formula is C66H86F4N6O14. The van der Waals surface area contributed by atoms with Crippen molar-refractivity contribution in [1.82, 2.24) is 29.6 Å². The van der Waals surface area contributed by atoms with E-state index in [2.05, 4.69) is 19.4 Å². The highest BCUT2D eigenvalue weighted by Crippen LogP contribution is 2.27. The van der Waals surface area contributed by atoms with E-state index in [4.69, 9.17) is 18.9 Å². The van der Waals surface area contributed by atoms with Crippen LogP contribution in [0.15, 0.2) is 85.2 Å². The lowest BCUT2D eigenvalue weighted by Gasteiger charge is -2.35. The van der Waals surface area contributed by atoms with Crippen LogP contribution in [-0.2, 0) is 83.0 Å². The molecule has 20 nitrogen and oxygen atoms in total. The SMILES string of the molecule is CC(C)C[C@H]1C(=O)O[C@H](Cc2ccc(Cc3cccnc3OC(F)F)cc2)C(=O)N(C)[C@@H](CC(C)C)C(=O)O[C@H](C)C(=O)N(C)[C@@H](CC(C)C)C(=O)O[C@H](Cc2ccc(Cc3cccnc3OC(F)F)cc2)C(=O)N(C)[C@@H](CC(C)C)C(=O)O[C@H](C)C(=O)N1C. The molecule has 5 rings (SSSR count). The van der Waals surface area contributed by atoms with Crippen LogP contribution in [0.5, 0.6) is 11.8 Å². The number of esters is 4. The Balaban J connectivity index is 1.59. The summed E-state index contributed by atoms with van der Waals surface area (Å²) in [6.45, 7) is 10.7. The molecule has 4 aromatic rings. The molecule has 90 heavy (non-hydrogen) atoms. The van der Waals surface area contributed by atoms with Crippen LogP contribution in [0.3, 0.4) is 0 Å². The zero-order valence-corrected chi connectivity index (χ0v) is 53.7. The van der Waals surface area contributed by atoms with E-state index in [1.165, 1.54) is 54.4 Å². The van der Waals surface area contributed by atoms with Gasteiger partial charge < -0.3 is 48.0 Å². The van der Waals surface area contributed by atoms with Crippen molar-refractivity contribution in [2.75, 3.05) is 28.2 Å². The maximum Gasteiger partial charge on any atom is 0.388 e. The Bertz CT molecular complexity index is 2860. The predicted molar refractivity (Wildman–Crippen MR) is 323 cm³/mol. The van der Waals surface area contributed by atoms with Gasteiger partial charge in [0.2, 0.25) is 11.8 Å². The van der Waals surface area contributed by atoms with E-state index in [0.29, 0.717) is 33.4 Å². The maximum absolute atomic E-state index is 15.1. The summed E-state index contributed by atoms with van der Waals surface area (Å²) < 4.78 is 86.3.